The maximum absolute atomic E-state index is 13.0. The van der Waals surface area contributed by atoms with Crippen molar-refractivity contribution in [1.82, 2.24) is 4.72 Å². The fraction of sp³-hybridized carbons (Fsp3) is 0.208. The van der Waals surface area contributed by atoms with Crippen LogP contribution in [0.4, 0.5) is 18.9 Å². The summed E-state index contributed by atoms with van der Waals surface area (Å²) in [5.41, 5.74) is -0.0525. The largest absolute Gasteiger partial charge is 0.494 e. The second kappa shape index (κ2) is 10.7. The predicted octanol–water partition coefficient (Wildman–Crippen LogP) is 4.63. The number of carbonyl (C=O) groups excluding carboxylic acids is 1. The molecule has 0 unspecified atom stereocenters. The molecule has 10 heteroatoms. The molecule has 0 aliphatic heterocycles. The zero-order valence-corrected chi connectivity index (χ0v) is 19.0. The number of sulfonamides is 1. The summed E-state index contributed by atoms with van der Waals surface area (Å²) in [6.45, 7) is 2.23. The maximum atomic E-state index is 13.0. The van der Waals surface area contributed by atoms with Gasteiger partial charge >= 0.3 is 6.18 Å². The number of rotatable bonds is 9. The molecule has 34 heavy (non-hydrogen) atoms. The van der Waals surface area contributed by atoms with Crippen molar-refractivity contribution in [3.05, 3.63) is 90.0 Å². The van der Waals surface area contributed by atoms with Crippen molar-refractivity contribution in [2.75, 3.05) is 11.9 Å². The Morgan fingerprint density at radius 1 is 0.941 bits per heavy atom. The number of nitrogens with one attached hydrogen (secondary N) is 2. The first-order valence-electron chi connectivity index (χ1n) is 10.4. The molecule has 6 nitrogen and oxygen atoms in total. The van der Waals surface area contributed by atoms with Crippen LogP contribution < -0.4 is 14.8 Å². The van der Waals surface area contributed by atoms with E-state index in [9.17, 15) is 26.4 Å². The normalized spacial score (nSPS) is 12.7. The molecule has 0 aliphatic rings. The number of carbonyl (C=O) groups is 1. The van der Waals surface area contributed by atoms with Gasteiger partial charge in [-0.15, -0.1) is 0 Å². The van der Waals surface area contributed by atoms with Gasteiger partial charge in [0, 0.05) is 5.69 Å². The van der Waals surface area contributed by atoms with Crippen molar-refractivity contribution < 1.29 is 31.1 Å². The molecule has 0 aliphatic carbocycles. The molecule has 1 atom stereocenters. The lowest BCUT2D eigenvalue weighted by Gasteiger charge is -2.19. The molecule has 0 heterocycles. The van der Waals surface area contributed by atoms with Gasteiger partial charge in [0.1, 0.15) is 11.8 Å². The minimum Gasteiger partial charge on any atom is -0.494 e. The topological polar surface area (TPSA) is 84.5 Å². The average molecular weight is 493 g/mol. The molecule has 3 aromatic rings. The molecule has 0 aromatic heterocycles. The van der Waals surface area contributed by atoms with Crippen molar-refractivity contribution in [2.24, 2.45) is 0 Å². The first kappa shape index (κ1) is 25.3. The molecule has 1 amide bonds. The van der Waals surface area contributed by atoms with Gasteiger partial charge in [0.2, 0.25) is 15.9 Å². The molecule has 3 aromatic carbocycles. The van der Waals surface area contributed by atoms with Gasteiger partial charge in [-0.1, -0.05) is 30.3 Å². The van der Waals surface area contributed by atoms with Crippen LogP contribution >= 0.6 is 0 Å². The fourth-order valence-corrected chi connectivity index (χ4v) is 4.34. The molecule has 0 saturated heterocycles. The molecule has 180 valence electrons. The van der Waals surface area contributed by atoms with Crippen molar-refractivity contribution in [2.45, 2.75) is 30.5 Å². The van der Waals surface area contributed by atoms with E-state index in [4.69, 9.17) is 4.74 Å². The Hall–Kier alpha value is -3.37. The highest BCUT2D eigenvalue weighted by molar-refractivity contribution is 7.89. The second-order valence-electron chi connectivity index (χ2n) is 7.33. The van der Waals surface area contributed by atoms with Crippen LogP contribution in [0.3, 0.4) is 0 Å². The van der Waals surface area contributed by atoms with E-state index in [-0.39, 0.29) is 17.0 Å². The number of alkyl halides is 3. The summed E-state index contributed by atoms with van der Waals surface area (Å²) in [6, 6.07) is 17.2. The highest BCUT2D eigenvalue weighted by Gasteiger charge is 2.30. The molecule has 2 N–H and O–H groups in total. The number of amides is 1. The molecule has 0 spiro atoms. The smallest absolute Gasteiger partial charge is 0.416 e. The van der Waals surface area contributed by atoms with Gasteiger partial charge in [0.25, 0.3) is 0 Å². The van der Waals surface area contributed by atoms with Gasteiger partial charge in [-0.05, 0) is 67.4 Å². The van der Waals surface area contributed by atoms with Crippen molar-refractivity contribution >= 4 is 21.6 Å². The SMILES string of the molecule is CCOc1ccc(S(=O)(=O)N[C@H](Cc2ccccc2)C(=O)Nc2ccc(C(F)(F)F)cc2)cc1. The molecule has 0 bridgehead atoms. The highest BCUT2D eigenvalue weighted by Crippen LogP contribution is 2.30. The summed E-state index contributed by atoms with van der Waals surface area (Å²) < 4.78 is 72.0. The van der Waals surface area contributed by atoms with Gasteiger partial charge in [0.05, 0.1) is 17.1 Å². The van der Waals surface area contributed by atoms with Gasteiger partial charge in [-0.3, -0.25) is 4.79 Å². The molecule has 0 saturated carbocycles. The average Bonchev–Trinajstić information content (AvgIpc) is 2.79. The van der Waals surface area contributed by atoms with E-state index >= 15 is 0 Å². The van der Waals surface area contributed by atoms with E-state index in [2.05, 4.69) is 10.0 Å². The Bertz CT molecular complexity index is 1200. The molecule has 0 radical (unpaired) electrons. The summed E-state index contributed by atoms with van der Waals surface area (Å²) in [7, 11) is -4.09. The zero-order chi connectivity index (χ0) is 24.8. The van der Waals surface area contributed by atoms with Crippen LogP contribution in [0.2, 0.25) is 0 Å². The summed E-state index contributed by atoms with van der Waals surface area (Å²) in [5.74, 6) is -0.208. The first-order valence-corrected chi connectivity index (χ1v) is 11.8. The highest BCUT2D eigenvalue weighted by atomic mass is 32.2. The molecular weight excluding hydrogens is 469 g/mol. The van der Waals surface area contributed by atoms with Gasteiger partial charge < -0.3 is 10.1 Å². The predicted molar refractivity (Wildman–Crippen MR) is 122 cm³/mol. The van der Waals surface area contributed by atoms with Crippen LogP contribution in [0.5, 0.6) is 5.75 Å². The van der Waals surface area contributed by atoms with Crippen LogP contribution in [-0.4, -0.2) is 27.0 Å². The van der Waals surface area contributed by atoms with E-state index < -0.39 is 33.7 Å². The van der Waals surface area contributed by atoms with Crippen molar-refractivity contribution in [1.29, 1.82) is 0 Å². The second-order valence-corrected chi connectivity index (χ2v) is 9.05. The zero-order valence-electron chi connectivity index (χ0n) is 18.2. The number of halogens is 3. The first-order chi connectivity index (χ1) is 16.1. The third-order valence-corrected chi connectivity index (χ3v) is 6.31. The van der Waals surface area contributed by atoms with Crippen LogP contribution in [0.15, 0.2) is 83.8 Å². The fourth-order valence-electron chi connectivity index (χ4n) is 3.15. The number of anilines is 1. The van der Waals surface area contributed by atoms with E-state index in [1.807, 2.05) is 0 Å². The minimum atomic E-state index is -4.51. The standard InChI is InChI=1S/C24H23F3N2O4S/c1-2-33-20-12-14-21(15-13-20)34(31,32)29-22(16-17-6-4-3-5-7-17)23(30)28-19-10-8-18(9-11-19)24(25,26)27/h3-15,22,29H,2,16H2,1H3,(H,28,30)/t22-/m1/s1. The summed E-state index contributed by atoms with van der Waals surface area (Å²) in [6.07, 6.45) is -4.48. The lowest BCUT2D eigenvalue weighted by atomic mass is 10.1. The van der Waals surface area contributed by atoms with Crippen LogP contribution in [0.1, 0.15) is 18.1 Å². The Morgan fingerprint density at radius 2 is 1.56 bits per heavy atom. The Balaban J connectivity index is 1.82. The lowest BCUT2D eigenvalue weighted by Crippen LogP contribution is -2.45. The lowest BCUT2D eigenvalue weighted by molar-refractivity contribution is -0.137. The monoisotopic (exact) mass is 492 g/mol. The number of hydrogen-bond donors (Lipinski definition) is 2. The molecule has 3 rings (SSSR count). The van der Waals surface area contributed by atoms with E-state index in [0.29, 0.717) is 17.9 Å². The summed E-state index contributed by atoms with van der Waals surface area (Å²) >= 11 is 0. The maximum Gasteiger partial charge on any atom is 0.416 e. The Labute approximate surface area is 195 Å². The van der Waals surface area contributed by atoms with Crippen LogP contribution in [0, 0.1) is 0 Å². The van der Waals surface area contributed by atoms with Crippen molar-refractivity contribution in [3.63, 3.8) is 0 Å². The Kier molecular flexibility index (Phi) is 7.95. The van der Waals surface area contributed by atoms with Crippen LogP contribution in [0.25, 0.3) is 0 Å². The number of hydrogen-bond acceptors (Lipinski definition) is 4. The molecular formula is C24H23F3N2O4S. The third kappa shape index (κ3) is 6.82. The van der Waals surface area contributed by atoms with Gasteiger partial charge in [-0.25, -0.2) is 8.42 Å². The summed E-state index contributed by atoms with van der Waals surface area (Å²) in [5, 5.41) is 2.49. The van der Waals surface area contributed by atoms with E-state index in [1.165, 1.54) is 24.3 Å². The van der Waals surface area contributed by atoms with E-state index in [0.717, 1.165) is 24.3 Å². The number of benzene rings is 3. The quantitative estimate of drug-likeness (QED) is 0.456. The summed E-state index contributed by atoms with van der Waals surface area (Å²) in [4.78, 5) is 12.9. The van der Waals surface area contributed by atoms with E-state index in [1.54, 1.807) is 37.3 Å². The molecule has 0 fully saturated rings. The van der Waals surface area contributed by atoms with Gasteiger partial charge in [0.15, 0.2) is 0 Å². The number of ether oxygens (including phenoxy) is 1. The minimum absolute atomic E-state index is 0.0313. The third-order valence-electron chi connectivity index (χ3n) is 4.82. The Morgan fingerprint density at radius 3 is 2.12 bits per heavy atom. The van der Waals surface area contributed by atoms with Crippen LogP contribution in [-0.2, 0) is 27.4 Å². The van der Waals surface area contributed by atoms with Crippen molar-refractivity contribution in [3.8, 4) is 5.75 Å². The van der Waals surface area contributed by atoms with Gasteiger partial charge in [-0.2, -0.15) is 17.9 Å².